The molecule has 0 radical (unpaired) electrons. The second kappa shape index (κ2) is 5.30. The first-order chi connectivity index (χ1) is 9.31. The highest BCUT2D eigenvalue weighted by Gasteiger charge is 2.17. The highest BCUT2D eigenvalue weighted by atomic mass is 35.5. The number of nitrogens with two attached hydrogens (primary N) is 1. The van der Waals surface area contributed by atoms with Gasteiger partial charge < -0.3 is 5.73 Å². The van der Waals surface area contributed by atoms with Gasteiger partial charge in [-0.05, 0) is 37.3 Å². The lowest BCUT2D eigenvalue weighted by molar-refractivity contribution is 0.601. The van der Waals surface area contributed by atoms with Gasteiger partial charge in [0.05, 0.1) is 21.3 Å². The van der Waals surface area contributed by atoms with Gasteiger partial charge in [-0.15, -0.1) is 0 Å². The Morgan fingerprint density at radius 3 is 2.60 bits per heavy atom. The van der Waals surface area contributed by atoms with E-state index in [2.05, 4.69) is 4.72 Å². The van der Waals surface area contributed by atoms with Crippen LogP contribution in [0.15, 0.2) is 41.3 Å². The first kappa shape index (κ1) is 14.6. The molecule has 0 aliphatic heterocycles. The van der Waals surface area contributed by atoms with E-state index in [1.807, 2.05) is 0 Å². The summed E-state index contributed by atoms with van der Waals surface area (Å²) in [5.74, 6) is -0.485. The first-order valence-corrected chi connectivity index (χ1v) is 7.50. The maximum atomic E-state index is 13.4. The van der Waals surface area contributed by atoms with Crippen molar-refractivity contribution in [1.82, 2.24) is 0 Å². The van der Waals surface area contributed by atoms with Crippen molar-refractivity contribution in [3.63, 3.8) is 0 Å². The van der Waals surface area contributed by atoms with E-state index in [9.17, 15) is 12.8 Å². The van der Waals surface area contributed by atoms with Crippen LogP contribution < -0.4 is 10.5 Å². The number of hydrogen-bond donors (Lipinski definition) is 2. The fraction of sp³-hybridized carbons (Fsp3) is 0.0769. The van der Waals surface area contributed by atoms with E-state index in [1.165, 1.54) is 43.3 Å². The minimum atomic E-state index is -3.85. The van der Waals surface area contributed by atoms with Crippen molar-refractivity contribution in [2.75, 3.05) is 10.5 Å². The summed E-state index contributed by atoms with van der Waals surface area (Å²) < 4.78 is 40.1. The molecule has 0 amide bonds. The zero-order valence-corrected chi connectivity index (χ0v) is 12.1. The van der Waals surface area contributed by atoms with Gasteiger partial charge in [-0.2, -0.15) is 0 Å². The molecule has 106 valence electrons. The molecule has 0 aliphatic rings. The molecule has 0 aliphatic carbocycles. The van der Waals surface area contributed by atoms with Gasteiger partial charge in [-0.3, -0.25) is 4.72 Å². The van der Waals surface area contributed by atoms with Gasteiger partial charge in [-0.25, -0.2) is 12.8 Å². The van der Waals surface area contributed by atoms with Crippen LogP contribution in [0.5, 0.6) is 0 Å². The van der Waals surface area contributed by atoms with Crippen molar-refractivity contribution >= 4 is 33.0 Å². The number of nitrogen functional groups attached to an aromatic ring is 1. The van der Waals surface area contributed by atoms with E-state index in [4.69, 9.17) is 17.3 Å². The molecule has 0 aromatic heterocycles. The zero-order valence-electron chi connectivity index (χ0n) is 10.5. The molecule has 0 saturated heterocycles. The third kappa shape index (κ3) is 2.86. The molecule has 2 aromatic rings. The number of anilines is 2. The van der Waals surface area contributed by atoms with Gasteiger partial charge in [0.25, 0.3) is 10.0 Å². The Morgan fingerprint density at radius 1 is 1.25 bits per heavy atom. The van der Waals surface area contributed by atoms with Crippen LogP contribution in [0.1, 0.15) is 5.56 Å². The number of hydrogen-bond acceptors (Lipinski definition) is 3. The average Bonchev–Trinajstić information content (AvgIpc) is 2.38. The molecule has 0 fully saturated rings. The number of nitrogens with one attached hydrogen (secondary N) is 1. The molecule has 0 heterocycles. The van der Waals surface area contributed by atoms with Gasteiger partial charge in [-0.1, -0.05) is 17.7 Å². The smallest absolute Gasteiger partial charge is 0.261 e. The standard InChI is InChI=1S/C13H12ClFN2O2S/c1-8-11(15)3-2-4-13(8)17-20(18,19)9-5-6-10(14)12(16)7-9/h2-7,17H,16H2,1H3. The van der Waals surface area contributed by atoms with Crippen LogP contribution in [0.25, 0.3) is 0 Å². The van der Waals surface area contributed by atoms with E-state index in [-0.39, 0.29) is 26.9 Å². The molecule has 2 rings (SSSR count). The van der Waals surface area contributed by atoms with E-state index in [0.29, 0.717) is 0 Å². The molecule has 0 unspecified atom stereocenters. The topological polar surface area (TPSA) is 72.2 Å². The predicted molar refractivity (Wildman–Crippen MR) is 77.8 cm³/mol. The summed E-state index contributed by atoms with van der Waals surface area (Å²) in [4.78, 5) is -0.0388. The number of rotatable bonds is 3. The summed E-state index contributed by atoms with van der Waals surface area (Å²) in [5, 5.41) is 0.269. The predicted octanol–water partition coefficient (Wildman–Crippen LogP) is 3.17. The van der Waals surface area contributed by atoms with Crippen LogP contribution in [-0.4, -0.2) is 8.42 Å². The van der Waals surface area contributed by atoms with E-state index in [0.717, 1.165) is 0 Å². The molecular weight excluding hydrogens is 303 g/mol. The first-order valence-electron chi connectivity index (χ1n) is 5.64. The number of sulfonamides is 1. The van der Waals surface area contributed by atoms with E-state index in [1.54, 1.807) is 0 Å². The van der Waals surface area contributed by atoms with Gasteiger partial charge in [0.1, 0.15) is 5.82 Å². The number of benzene rings is 2. The minimum Gasteiger partial charge on any atom is -0.397 e. The molecule has 20 heavy (non-hydrogen) atoms. The lowest BCUT2D eigenvalue weighted by Crippen LogP contribution is -2.14. The van der Waals surface area contributed by atoms with Crippen LogP contribution in [-0.2, 0) is 10.0 Å². The van der Waals surface area contributed by atoms with Crippen molar-refractivity contribution in [3.05, 3.63) is 52.8 Å². The largest absolute Gasteiger partial charge is 0.397 e. The van der Waals surface area contributed by atoms with Crippen molar-refractivity contribution < 1.29 is 12.8 Å². The Labute approximate surface area is 121 Å². The lowest BCUT2D eigenvalue weighted by atomic mass is 10.2. The Bertz CT molecular complexity index is 763. The average molecular weight is 315 g/mol. The number of halogens is 2. The normalized spacial score (nSPS) is 11.3. The fourth-order valence-corrected chi connectivity index (χ4v) is 2.89. The summed E-state index contributed by atoms with van der Waals surface area (Å²) in [6.45, 7) is 1.49. The van der Waals surface area contributed by atoms with Crippen LogP contribution in [0.3, 0.4) is 0 Å². The molecule has 0 spiro atoms. The van der Waals surface area contributed by atoms with Crippen LogP contribution in [0, 0.1) is 12.7 Å². The molecule has 0 saturated carbocycles. The summed E-state index contributed by atoms with van der Waals surface area (Å²) in [7, 11) is -3.85. The summed E-state index contributed by atoms with van der Waals surface area (Å²) >= 11 is 5.75. The SMILES string of the molecule is Cc1c(F)cccc1NS(=O)(=O)c1ccc(Cl)c(N)c1. The molecule has 0 atom stereocenters. The molecule has 4 nitrogen and oxygen atoms in total. The summed E-state index contributed by atoms with van der Waals surface area (Å²) in [6, 6.07) is 8.14. The molecule has 2 aromatic carbocycles. The van der Waals surface area contributed by atoms with Gasteiger partial charge in [0, 0.05) is 5.56 Å². The van der Waals surface area contributed by atoms with Crippen molar-refractivity contribution in [1.29, 1.82) is 0 Å². The summed E-state index contributed by atoms with van der Waals surface area (Å²) in [6.07, 6.45) is 0. The Morgan fingerprint density at radius 2 is 1.95 bits per heavy atom. The maximum Gasteiger partial charge on any atom is 0.261 e. The zero-order chi connectivity index (χ0) is 14.9. The lowest BCUT2D eigenvalue weighted by Gasteiger charge is -2.11. The molecule has 0 bridgehead atoms. The third-order valence-electron chi connectivity index (χ3n) is 2.79. The van der Waals surface area contributed by atoms with E-state index >= 15 is 0 Å². The Kier molecular flexibility index (Phi) is 3.87. The Hall–Kier alpha value is -1.79. The van der Waals surface area contributed by atoms with Gasteiger partial charge in [0.2, 0.25) is 0 Å². The highest BCUT2D eigenvalue weighted by Crippen LogP contribution is 2.25. The van der Waals surface area contributed by atoms with Crippen molar-refractivity contribution in [2.24, 2.45) is 0 Å². The van der Waals surface area contributed by atoms with Crippen LogP contribution >= 0.6 is 11.6 Å². The Balaban J connectivity index is 2.41. The van der Waals surface area contributed by atoms with Gasteiger partial charge >= 0.3 is 0 Å². The second-order valence-electron chi connectivity index (χ2n) is 4.20. The van der Waals surface area contributed by atoms with E-state index < -0.39 is 15.8 Å². The van der Waals surface area contributed by atoms with Crippen LogP contribution in [0.2, 0.25) is 5.02 Å². The monoisotopic (exact) mass is 314 g/mol. The highest BCUT2D eigenvalue weighted by molar-refractivity contribution is 7.92. The third-order valence-corrected chi connectivity index (χ3v) is 4.50. The fourth-order valence-electron chi connectivity index (χ4n) is 1.61. The molecular formula is C13H12ClFN2O2S. The van der Waals surface area contributed by atoms with Crippen molar-refractivity contribution in [2.45, 2.75) is 11.8 Å². The second-order valence-corrected chi connectivity index (χ2v) is 6.29. The summed E-state index contributed by atoms with van der Waals surface area (Å²) in [5.41, 5.74) is 6.14. The van der Waals surface area contributed by atoms with Crippen LogP contribution in [0.4, 0.5) is 15.8 Å². The van der Waals surface area contributed by atoms with Crippen molar-refractivity contribution in [3.8, 4) is 0 Å². The minimum absolute atomic E-state index is 0.0388. The molecule has 3 N–H and O–H groups in total. The quantitative estimate of drug-likeness (QED) is 0.855. The molecule has 7 heteroatoms. The maximum absolute atomic E-state index is 13.4. The van der Waals surface area contributed by atoms with Gasteiger partial charge in [0.15, 0.2) is 0 Å².